The quantitative estimate of drug-likeness (QED) is 0.555. The summed E-state index contributed by atoms with van der Waals surface area (Å²) in [5, 5.41) is 15.1. The summed E-state index contributed by atoms with van der Waals surface area (Å²) in [6, 6.07) is 7.58. The number of hydrogen-bond acceptors (Lipinski definition) is 5. The average molecular weight is 370 g/mol. The fraction of sp³-hybridized carbons (Fsp3) is 0.450. The highest BCUT2D eigenvalue weighted by atomic mass is 16.3. The van der Waals surface area contributed by atoms with E-state index in [1.165, 1.54) is 4.57 Å². The Balaban J connectivity index is 2.03. The van der Waals surface area contributed by atoms with Crippen molar-refractivity contribution >= 4 is 11.4 Å². The van der Waals surface area contributed by atoms with E-state index in [0.717, 1.165) is 43.4 Å². The summed E-state index contributed by atoms with van der Waals surface area (Å²) in [4.78, 5) is 27.1. The number of rotatable bonds is 5. The SMILES string of the molecule is CCC(=NNc1ccccc1C)c1c(O)n(C2CCCCC2)c(=O)[nH]c1=O. The number of hydrogen-bond donors (Lipinski definition) is 3. The van der Waals surface area contributed by atoms with Crippen LogP contribution in [-0.2, 0) is 0 Å². The number of aromatic amines is 1. The summed E-state index contributed by atoms with van der Waals surface area (Å²) < 4.78 is 1.33. The van der Waals surface area contributed by atoms with Gasteiger partial charge in [0.1, 0.15) is 5.56 Å². The molecule has 0 spiro atoms. The van der Waals surface area contributed by atoms with E-state index in [1.54, 1.807) is 0 Å². The molecule has 27 heavy (non-hydrogen) atoms. The average Bonchev–Trinajstić information content (AvgIpc) is 2.66. The number of nitrogens with one attached hydrogen (secondary N) is 2. The lowest BCUT2D eigenvalue weighted by atomic mass is 9.95. The second-order valence-electron chi connectivity index (χ2n) is 6.96. The Morgan fingerprint density at radius 1 is 1.26 bits per heavy atom. The molecule has 144 valence electrons. The Morgan fingerprint density at radius 2 is 1.96 bits per heavy atom. The van der Waals surface area contributed by atoms with Crippen molar-refractivity contribution in [3.8, 4) is 5.88 Å². The monoisotopic (exact) mass is 370 g/mol. The topological polar surface area (TPSA) is 99.5 Å². The number of nitrogens with zero attached hydrogens (tertiary/aromatic N) is 2. The minimum Gasteiger partial charge on any atom is -0.494 e. The molecule has 3 rings (SSSR count). The standard InChI is InChI=1S/C20H26N4O3/c1-3-15(22-23-16-12-8-7-9-13(16)2)17-18(25)21-20(27)24(19(17)26)14-10-5-4-6-11-14/h7-9,12,14,23,26H,3-6,10-11H2,1-2H3,(H,21,25,27). The van der Waals surface area contributed by atoms with Crippen LogP contribution in [0.5, 0.6) is 5.88 Å². The first-order chi connectivity index (χ1) is 13.0. The van der Waals surface area contributed by atoms with Gasteiger partial charge in [0.2, 0.25) is 5.88 Å². The molecule has 1 aliphatic rings. The molecule has 1 fully saturated rings. The van der Waals surface area contributed by atoms with Gasteiger partial charge in [-0.25, -0.2) is 4.79 Å². The summed E-state index contributed by atoms with van der Waals surface area (Å²) in [5.41, 5.74) is 4.09. The molecule has 0 saturated heterocycles. The Hall–Kier alpha value is -2.83. The maximum absolute atomic E-state index is 12.4. The maximum atomic E-state index is 12.4. The van der Waals surface area contributed by atoms with Gasteiger partial charge >= 0.3 is 5.69 Å². The van der Waals surface area contributed by atoms with Crippen LogP contribution in [0.4, 0.5) is 5.69 Å². The van der Waals surface area contributed by atoms with E-state index in [1.807, 2.05) is 38.1 Å². The van der Waals surface area contributed by atoms with Crippen LogP contribution >= 0.6 is 0 Å². The molecule has 1 heterocycles. The number of aromatic hydroxyl groups is 1. The zero-order valence-corrected chi connectivity index (χ0v) is 15.8. The van der Waals surface area contributed by atoms with Crippen LogP contribution in [-0.4, -0.2) is 20.4 Å². The van der Waals surface area contributed by atoms with Crippen molar-refractivity contribution < 1.29 is 5.11 Å². The van der Waals surface area contributed by atoms with E-state index in [2.05, 4.69) is 15.5 Å². The molecule has 0 bridgehead atoms. The van der Waals surface area contributed by atoms with Crippen molar-refractivity contribution in [1.29, 1.82) is 0 Å². The van der Waals surface area contributed by atoms with Gasteiger partial charge in [0, 0.05) is 6.04 Å². The molecule has 0 unspecified atom stereocenters. The van der Waals surface area contributed by atoms with Crippen molar-refractivity contribution in [3.05, 3.63) is 56.2 Å². The van der Waals surface area contributed by atoms with E-state index in [-0.39, 0.29) is 17.5 Å². The van der Waals surface area contributed by atoms with Gasteiger partial charge in [-0.1, -0.05) is 44.4 Å². The second kappa shape index (κ2) is 8.24. The van der Waals surface area contributed by atoms with Crippen LogP contribution in [0.1, 0.15) is 62.6 Å². The van der Waals surface area contributed by atoms with Gasteiger partial charge in [0.15, 0.2) is 0 Å². The van der Waals surface area contributed by atoms with Crippen LogP contribution in [0.25, 0.3) is 0 Å². The largest absolute Gasteiger partial charge is 0.494 e. The molecular formula is C20H26N4O3. The Labute approximate surface area is 157 Å². The lowest BCUT2D eigenvalue weighted by Crippen LogP contribution is -2.36. The minimum absolute atomic E-state index is 0.0590. The van der Waals surface area contributed by atoms with Crippen molar-refractivity contribution in [2.45, 2.75) is 58.4 Å². The molecule has 0 amide bonds. The predicted molar refractivity (Wildman–Crippen MR) is 107 cm³/mol. The van der Waals surface area contributed by atoms with E-state index >= 15 is 0 Å². The van der Waals surface area contributed by atoms with Crippen molar-refractivity contribution in [2.24, 2.45) is 5.10 Å². The van der Waals surface area contributed by atoms with Gasteiger partial charge < -0.3 is 5.11 Å². The third-order valence-corrected chi connectivity index (χ3v) is 5.14. The molecule has 3 N–H and O–H groups in total. The molecule has 1 saturated carbocycles. The van der Waals surface area contributed by atoms with E-state index in [4.69, 9.17) is 0 Å². The van der Waals surface area contributed by atoms with E-state index in [0.29, 0.717) is 12.1 Å². The highest BCUT2D eigenvalue weighted by Gasteiger charge is 2.24. The first kappa shape index (κ1) is 18.9. The Morgan fingerprint density at radius 3 is 2.63 bits per heavy atom. The molecule has 1 aliphatic carbocycles. The molecule has 1 aromatic carbocycles. The van der Waals surface area contributed by atoms with Gasteiger partial charge in [-0.2, -0.15) is 5.10 Å². The molecule has 0 radical (unpaired) electrons. The van der Waals surface area contributed by atoms with Crippen molar-refractivity contribution in [1.82, 2.24) is 9.55 Å². The zero-order valence-electron chi connectivity index (χ0n) is 15.8. The zero-order chi connectivity index (χ0) is 19.4. The van der Waals surface area contributed by atoms with Gasteiger partial charge in [-0.15, -0.1) is 0 Å². The molecule has 1 aromatic heterocycles. The summed E-state index contributed by atoms with van der Waals surface area (Å²) >= 11 is 0. The second-order valence-corrected chi connectivity index (χ2v) is 6.96. The van der Waals surface area contributed by atoms with Gasteiger partial charge in [-0.3, -0.25) is 19.8 Å². The minimum atomic E-state index is -0.614. The summed E-state index contributed by atoms with van der Waals surface area (Å²) in [6.07, 6.45) is 5.21. The third kappa shape index (κ3) is 3.97. The molecule has 0 atom stereocenters. The number of anilines is 1. The van der Waals surface area contributed by atoms with Gasteiger partial charge in [0.05, 0.1) is 11.4 Å². The molecule has 7 nitrogen and oxygen atoms in total. The first-order valence-electron chi connectivity index (χ1n) is 9.49. The summed E-state index contributed by atoms with van der Waals surface area (Å²) in [5.74, 6) is -0.289. The molecular weight excluding hydrogens is 344 g/mol. The fourth-order valence-electron chi connectivity index (χ4n) is 3.61. The molecule has 7 heteroatoms. The third-order valence-electron chi connectivity index (χ3n) is 5.14. The lowest BCUT2D eigenvalue weighted by Gasteiger charge is -2.25. The number of H-pyrrole nitrogens is 1. The predicted octanol–water partition coefficient (Wildman–Crippen LogP) is 3.28. The van der Waals surface area contributed by atoms with Crippen LogP contribution in [0, 0.1) is 6.92 Å². The normalized spacial score (nSPS) is 15.7. The van der Waals surface area contributed by atoms with Crippen LogP contribution < -0.4 is 16.7 Å². The van der Waals surface area contributed by atoms with Gasteiger partial charge in [0.25, 0.3) is 5.56 Å². The van der Waals surface area contributed by atoms with Crippen LogP contribution in [0.15, 0.2) is 39.0 Å². The smallest absolute Gasteiger partial charge is 0.331 e. The Bertz CT molecular complexity index is 952. The number of para-hydroxylation sites is 1. The van der Waals surface area contributed by atoms with Crippen molar-refractivity contribution in [3.63, 3.8) is 0 Å². The van der Waals surface area contributed by atoms with E-state index in [9.17, 15) is 14.7 Å². The van der Waals surface area contributed by atoms with Crippen LogP contribution in [0.3, 0.4) is 0 Å². The first-order valence-corrected chi connectivity index (χ1v) is 9.49. The van der Waals surface area contributed by atoms with Gasteiger partial charge in [-0.05, 0) is 37.8 Å². The van der Waals surface area contributed by atoms with Crippen molar-refractivity contribution in [2.75, 3.05) is 5.43 Å². The molecule has 0 aliphatic heterocycles. The van der Waals surface area contributed by atoms with Crippen LogP contribution in [0.2, 0.25) is 0 Å². The molecule has 2 aromatic rings. The van der Waals surface area contributed by atoms with E-state index < -0.39 is 11.2 Å². The number of hydrazone groups is 1. The summed E-state index contributed by atoms with van der Waals surface area (Å²) in [6.45, 7) is 3.81. The highest BCUT2D eigenvalue weighted by molar-refractivity contribution is 6.02. The number of benzene rings is 1. The summed E-state index contributed by atoms with van der Waals surface area (Å²) in [7, 11) is 0. The number of aryl methyl sites for hydroxylation is 1. The number of aromatic nitrogens is 2. The maximum Gasteiger partial charge on any atom is 0.331 e. The fourth-order valence-corrected chi connectivity index (χ4v) is 3.61. The lowest BCUT2D eigenvalue weighted by molar-refractivity contribution is 0.298. The highest BCUT2D eigenvalue weighted by Crippen LogP contribution is 2.30. The Kier molecular flexibility index (Phi) is 5.78.